The highest BCUT2D eigenvalue weighted by molar-refractivity contribution is 9.10. The summed E-state index contributed by atoms with van der Waals surface area (Å²) in [6.07, 6.45) is 0.858. The van der Waals surface area contributed by atoms with Crippen molar-refractivity contribution in [1.29, 1.82) is 0 Å². The summed E-state index contributed by atoms with van der Waals surface area (Å²) < 4.78 is 6.31. The highest BCUT2D eigenvalue weighted by Gasteiger charge is 2.26. The number of carbonyl (C=O) groups is 1. The van der Waals surface area contributed by atoms with Crippen LogP contribution in [0.25, 0.3) is 0 Å². The third-order valence-corrected chi connectivity index (χ3v) is 4.35. The van der Waals surface area contributed by atoms with Crippen molar-refractivity contribution in [3.63, 3.8) is 0 Å². The average molecular weight is 304 g/mol. The second-order valence-corrected chi connectivity index (χ2v) is 5.90. The molecule has 2 heterocycles. The van der Waals surface area contributed by atoms with Crippen LogP contribution < -0.4 is 0 Å². The van der Waals surface area contributed by atoms with Crippen molar-refractivity contribution in [2.24, 2.45) is 5.92 Å². The molecule has 0 saturated carbocycles. The smallest absolute Gasteiger partial charge is 0.228 e. The first kappa shape index (κ1) is 12.1. The van der Waals surface area contributed by atoms with E-state index < -0.39 is 0 Å². The zero-order chi connectivity index (χ0) is 11.5. The van der Waals surface area contributed by atoms with Gasteiger partial charge in [0, 0.05) is 28.4 Å². The van der Waals surface area contributed by atoms with Gasteiger partial charge in [-0.3, -0.25) is 4.79 Å². The van der Waals surface area contributed by atoms with E-state index >= 15 is 0 Å². The van der Waals surface area contributed by atoms with Crippen LogP contribution in [0.5, 0.6) is 0 Å². The second-order valence-electron chi connectivity index (χ2n) is 3.99. The van der Waals surface area contributed by atoms with Gasteiger partial charge in [0.25, 0.3) is 0 Å². The van der Waals surface area contributed by atoms with Crippen LogP contribution in [0.4, 0.5) is 0 Å². The maximum Gasteiger partial charge on any atom is 0.228 e. The molecule has 2 rings (SSSR count). The quantitative estimate of drug-likeness (QED) is 0.859. The average Bonchev–Trinajstić information content (AvgIpc) is 2.88. The fourth-order valence-electron chi connectivity index (χ4n) is 1.79. The van der Waals surface area contributed by atoms with E-state index in [0.29, 0.717) is 13.2 Å². The van der Waals surface area contributed by atoms with Crippen LogP contribution in [0.1, 0.15) is 11.3 Å². The van der Waals surface area contributed by atoms with Gasteiger partial charge in [-0.15, -0.1) is 11.3 Å². The lowest BCUT2D eigenvalue weighted by Crippen LogP contribution is -2.32. The number of nitrogens with zero attached hydrogens (tertiary/aromatic N) is 1. The fraction of sp³-hybridized carbons (Fsp3) is 0.545. The van der Waals surface area contributed by atoms with Gasteiger partial charge in [0.05, 0.1) is 19.1 Å². The molecule has 1 atom stereocenters. The molecule has 1 aliphatic rings. The molecule has 0 radical (unpaired) electrons. The van der Waals surface area contributed by atoms with E-state index in [4.69, 9.17) is 4.74 Å². The number of hydrogen-bond acceptors (Lipinski definition) is 3. The van der Waals surface area contributed by atoms with Crippen LogP contribution in [0.15, 0.2) is 15.9 Å². The van der Waals surface area contributed by atoms with Crippen molar-refractivity contribution in [2.45, 2.75) is 13.0 Å². The zero-order valence-electron chi connectivity index (χ0n) is 9.11. The molecular formula is C11H14BrNO2S. The lowest BCUT2D eigenvalue weighted by molar-refractivity contribution is -0.134. The Kier molecular flexibility index (Phi) is 4.00. The van der Waals surface area contributed by atoms with E-state index in [0.717, 1.165) is 17.5 Å². The lowest BCUT2D eigenvalue weighted by atomic mass is 10.1. The summed E-state index contributed by atoms with van der Waals surface area (Å²) in [6.45, 7) is 1.98. The Hall–Kier alpha value is -0.390. The largest absolute Gasteiger partial charge is 0.381 e. The third-order valence-electron chi connectivity index (χ3n) is 2.67. The third kappa shape index (κ3) is 2.84. The molecule has 1 fully saturated rings. The first-order valence-electron chi connectivity index (χ1n) is 5.22. The van der Waals surface area contributed by atoms with Crippen molar-refractivity contribution >= 4 is 33.2 Å². The monoisotopic (exact) mass is 303 g/mol. The molecule has 0 aromatic carbocycles. The Labute approximate surface area is 108 Å². The summed E-state index contributed by atoms with van der Waals surface area (Å²) in [5, 5.41) is 2.03. The van der Waals surface area contributed by atoms with Gasteiger partial charge in [-0.05, 0) is 28.4 Å². The minimum absolute atomic E-state index is 0.0633. The molecule has 0 N–H and O–H groups in total. The summed E-state index contributed by atoms with van der Waals surface area (Å²) in [5.74, 6) is 0.260. The molecule has 0 bridgehead atoms. The van der Waals surface area contributed by atoms with Crippen molar-refractivity contribution in [3.8, 4) is 0 Å². The van der Waals surface area contributed by atoms with E-state index in [9.17, 15) is 4.79 Å². The summed E-state index contributed by atoms with van der Waals surface area (Å²) in [7, 11) is 1.86. The highest BCUT2D eigenvalue weighted by atomic mass is 79.9. The lowest BCUT2D eigenvalue weighted by Gasteiger charge is -2.19. The number of halogens is 1. The molecule has 0 spiro atoms. The number of carbonyl (C=O) groups excluding carboxylic acids is 1. The molecule has 88 valence electrons. The first-order valence-corrected chi connectivity index (χ1v) is 6.89. The van der Waals surface area contributed by atoms with Gasteiger partial charge in [0.15, 0.2) is 0 Å². The van der Waals surface area contributed by atoms with Crippen LogP contribution in [0.3, 0.4) is 0 Å². The van der Waals surface area contributed by atoms with E-state index in [1.165, 1.54) is 4.88 Å². The summed E-state index contributed by atoms with van der Waals surface area (Å²) in [5.41, 5.74) is 0. The van der Waals surface area contributed by atoms with Gasteiger partial charge in [-0.25, -0.2) is 0 Å². The summed E-state index contributed by atoms with van der Waals surface area (Å²) in [6, 6.07) is 2.06. The van der Waals surface area contributed by atoms with Gasteiger partial charge >= 0.3 is 0 Å². The maximum absolute atomic E-state index is 12.0. The van der Waals surface area contributed by atoms with Gasteiger partial charge < -0.3 is 9.64 Å². The first-order chi connectivity index (χ1) is 7.66. The number of thiophene rings is 1. The molecule has 0 aliphatic carbocycles. The standard InChI is InChI=1S/C11H14BrNO2S/c1-13(5-10-4-9(12)7-16-10)11(14)8-2-3-15-6-8/h4,7-8H,2-3,5-6H2,1H3. The van der Waals surface area contributed by atoms with Crippen LogP contribution in [-0.2, 0) is 16.1 Å². The molecule has 1 unspecified atom stereocenters. The number of amides is 1. The van der Waals surface area contributed by atoms with Crippen LogP contribution in [0.2, 0.25) is 0 Å². The SMILES string of the molecule is CN(Cc1cc(Br)cs1)C(=O)C1CCOC1. The Bertz CT molecular complexity index is 374. The van der Waals surface area contributed by atoms with Gasteiger partial charge in [0.2, 0.25) is 5.91 Å². The Morgan fingerprint density at radius 1 is 1.75 bits per heavy atom. The molecule has 1 saturated heterocycles. The van der Waals surface area contributed by atoms with Crippen LogP contribution >= 0.6 is 27.3 Å². The van der Waals surface area contributed by atoms with E-state index in [1.54, 1.807) is 16.2 Å². The van der Waals surface area contributed by atoms with Gasteiger partial charge in [-0.2, -0.15) is 0 Å². The van der Waals surface area contributed by atoms with Crippen LogP contribution in [-0.4, -0.2) is 31.1 Å². The zero-order valence-corrected chi connectivity index (χ0v) is 11.5. The van der Waals surface area contributed by atoms with E-state index in [2.05, 4.69) is 22.0 Å². The summed E-state index contributed by atoms with van der Waals surface area (Å²) >= 11 is 5.08. The van der Waals surface area contributed by atoms with Crippen molar-refractivity contribution in [3.05, 3.63) is 20.8 Å². The maximum atomic E-state index is 12.0. The number of ether oxygens (including phenoxy) is 1. The minimum atomic E-state index is 0.0633. The van der Waals surface area contributed by atoms with Crippen molar-refractivity contribution in [1.82, 2.24) is 4.90 Å². The predicted molar refractivity (Wildman–Crippen MR) is 67.4 cm³/mol. The minimum Gasteiger partial charge on any atom is -0.381 e. The highest BCUT2D eigenvalue weighted by Crippen LogP contribution is 2.22. The summed E-state index contributed by atoms with van der Waals surface area (Å²) in [4.78, 5) is 15.0. The number of hydrogen-bond donors (Lipinski definition) is 0. The molecule has 16 heavy (non-hydrogen) atoms. The number of rotatable bonds is 3. The van der Waals surface area contributed by atoms with Crippen molar-refractivity contribution in [2.75, 3.05) is 20.3 Å². The Morgan fingerprint density at radius 3 is 3.12 bits per heavy atom. The fourth-order valence-corrected chi connectivity index (χ4v) is 3.29. The Balaban J connectivity index is 1.91. The van der Waals surface area contributed by atoms with E-state index in [1.807, 2.05) is 12.4 Å². The molecule has 5 heteroatoms. The van der Waals surface area contributed by atoms with Gasteiger partial charge in [-0.1, -0.05) is 0 Å². The Morgan fingerprint density at radius 2 is 2.56 bits per heavy atom. The predicted octanol–water partition coefficient (Wildman–Crippen LogP) is 2.51. The normalized spacial score (nSPS) is 20.0. The van der Waals surface area contributed by atoms with Crippen molar-refractivity contribution < 1.29 is 9.53 Å². The molecular weight excluding hydrogens is 290 g/mol. The molecule has 3 nitrogen and oxygen atoms in total. The molecule has 1 aromatic heterocycles. The van der Waals surface area contributed by atoms with E-state index in [-0.39, 0.29) is 11.8 Å². The topological polar surface area (TPSA) is 29.5 Å². The molecule has 1 aliphatic heterocycles. The molecule has 1 amide bonds. The second kappa shape index (κ2) is 5.29. The molecule has 1 aromatic rings. The van der Waals surface area contributed by atoms with Gasteiger partial charge in [0.1, 0.15) is 0 Å². The van der Waals surface area contributed by atoms with Crippen LogP contribution in [0, 0.1) is 5.92 Å².